The van der Waals surface area contributed by atoms with Crippen LogP contribution in [-0.4, -0.2) is 16.4 Å². The molecule has 2 aromatic carbocycles. The Hall–Kier alpha value is -2.47. The van der Waals surface area contributed by atoms with Crippen LogP contribution in [0.1, 0.15) is 5.56 Å². The average molecular weight is 300 g/mol. The highest BCUT2D eigenvalue weighted by Crippen LogP contribution is 2.34. The fraction of sp³-hybridized carbons (Fsp3) is 0.133. The fourth-order valence-electron chi connectivity index (χ4n) is 2.27. The minimum absolute atomic E-state index is 0.0779. The number of aromatic nitrogens is 1. The molecule has 0 fully saturated rings. The molecule has 0 radical (unpaired) electrons. The molecule has 0 saturated heterocycles. The average Bonchev–Trinajstić information content (AvgIpc) is 2.90. The van der Waals surface area contributed by atoms with Gasteiger partial charge in [-0.1, -0.05) is 0 Å². The van der Waals surface area contributed by atoms with Crippen molar-refractivity contribution >= 4 is 27.3 Å². The van der Waals surface area contributed by atoms with Crippen molar-refractivity contribution in [2.24, 2.45) is 0 Å². The van der Waals surface area contributed by atoms with E-state index in [9.17, 15) is 10.1 Å². The van der Waals surface area contributed by atoms with E-state index < -0.39 is 0 Å². The van der Waals surface area contributed by atoms with E-state index >= 15 is 0 Å². The standard InChI is InChI=1S/C15H12N2O3S/c1-9-7-10(3-5-13(9)20-2)15-12-8-11(17(18)19)4-6-14(12)21-16-15/h3-8H,1-2H3. The van der Waals surface area contributed by atoms with E-state index in [0.717, 1.165) is 32.7 Å². The number of aryl methyl sites for hydroxylation is 1. The van der Waals surface area contributed by atoms with E-state index in [2.05, 4.69) is 4.37 Å². The Morgan fingerprint density at radius 3 is 2.71 bits per heavy atom. The first-order valence-corrected chi connectivity index (χ1v) is 7.06. The van der Waals surface area contributed by atoms with E-state index in [1.54, 1.807) is 19.2 Å². The number of fused-ring (bicyclic) bond motifs is 1. The Bertz CT molecular complexity index is 842. The van der Waals surface area contributed by atoms with Crippen LogP contribution >= 0.6 is 11.5 Å². The van der Waals surface area contributed by atoms with Gasteiger partial charge in [0.2, 0.25) is 0 Å². The van der Waals surface area contributed by atoms with Crippen molar-refractivity contribution in [3.05, 3.63) is 52.1 Å². The van der Waals surface area contributed by atoms with Gasteiger partial charge in [0.1, 0.15) is 5.75 Å². The SMILES string of the molecule is COc1ccc(-c2nsc3ccc([N+](=O)[O-])cc23)cc1C. The largest absolute Gasteiger partial charge is 0.496 e. The maximum Gasteiger partial charge on any atom is 0.270 e. The van der Waals surface area contributed by atoms with Crippen LogP contribution in [0.2, 0.25) is 0 Å². The number of methoxy groups -OCH3 is 1. The lowest BCUT2D eigenvalue weighted by Gasteiger charge is -2.06. The number of rotatable bonds is 3. The molecule has 5 nitrogen and oxygen atoms in total. The summed E-state index contributed by atoms with van der Waals surface area (Å²) >= 11 is 1.34. The van der Waals surface area contributed by atoms with Gasteiger partial charge in [-0.05, 0) is 48.3 Å². The van der Waals surface area contributed by atoms with Gasteiger partial charge in [0.15, 0.2) is 0 Å². The van der Waals surface area contributed by atoms with E-state index in [-0.39, 0.29) is 10.6 Å². The summed E-state index contributed by atoms with van der Waals surface area (Å²) in [6, 6.07) is 10.6. The zero-order chi connectivity index (χ0) is 15.0. The van der Waals surface area contributed by atoms with Gasteiger partial charge < -0.3 is 4.74 Å². The van der Waals surface area contributed by atoms with Crippen LogP contribution in [-0.2, 0) is 0 Å². The van der Waals surface area contributed by atoms with Crippen LogP contribution in [0.5, 0.6) is 5.75 Å². The zero-order valence-corrected chi connectivity index (χ0v) is 12.3. The maximum atomic E-state index is 10.9. The third-order valence-corrected chi connectivity index (χ3v) is 4.16. The van der Waals surface area contributed by atoms with Crippen molar-refractivity contribution in [2.75, 3.05) is 7.11 Å². The van der Waals surface area contributed by atoms with Gasteiger partial charge >= 0.3 is 0 Å². The molecule has 0 aliphatic heterocycles. The second-order valence-corrected chi connectivity index (χ2v) is 5.46. The van der Waals surface area contributed by atoms with E-state index in [1.807, 2.05) is 25.1 Å². The first-order valence-electron chi connectivity index (χ1n) is 6.29. The monoisotopic (exact) mass is 300 g/mol. The van der Waals surface area contributed by atoms with Crippen molar-refractivity contribution in [3.8, 4) is 17.0 Å². The van der Waals surface area contributed by atoms with Crippen LogP contribution in [0, 0.1) is 17.0 Å². The minimum atomic E-state index is -0.389. The summed E-state index contributed by atoms with van der Waals surface area (Å²) in [6.45, 7) is 1.96. The molecule has 0 N–H and O–H groups in total. The molecule has 0 bridgehead atoms. The predicted octanol–water partition coefficient (Wildman–Crippen LogP) is 4.19. The Balaban J connectivity index is 2.18. The Morgan fingerprint density at radius 2 is 2.05 bits per heavy atom. The van der Waals surface area contributed by atoms with Crippen LogP contribution in [0.4, 0.5) is 5.69 Å². The van der Waals surface area contributed by atoms with E-state index in [0.29, 0.717) is 0 Å². The van der Waals surface area contributed by atoms with Crippen molar-refractivity contribution in [3.63, 3.8) is 0 Å². The van der Waals surface area contributed by atoms with Gasteiger partial charge in [0.05, 0.1) is 22.4 Å². The molecule has 6 heteroatoms. The molecule has 0 aliphatic rings. The summed E-state index contributed by atoms with van der Waals surface area (Å²) in [5, 5.41) is 11.7. The number of hydrogen-bond donors (Lipinski definition) is 0. The summed E-state index contributed by atoms with van der Waals surface area (Å²) in [4.78, 5) is 10.5. The summed E-state index contributed by atoms with van der Waals surface area (Å²) in [6.07, 6.45) is 0. The van der Waals surface area contributed by atoms with Crippen LogP contribution in [0.3, 0.4) is 0 Å². The molecule has 106 valence electrons. The van der Waals surface area contributed by atoms with Crippen molar-refractivity contribution in [1.29, 1.82) is 0 Å². The van der Waals surface area contributed by atoms with Gasteiger partial charge in [-0.3, -0.25) is 10.1 Å². The summed E-state index contributed by atoms with van der Waals surface area (Å²) in [5.41, 5.74) is 2.78. The number of nitro benzene ring substituents is 1. The third kappa shape index (κ3) is 2.34. The van der Waals surface area contributed by atoms with Crippen molar-refractivity contribution < 1.29 is 9.66 Å². The highest BCUT2D eigenvalue weighted by atomic mass is 32.1. The number of hydrogen-bond acceptors (Lipinski definition) is 5. The second-order valence-electron chi connectivity index (χ2n) is 4.65. The molecule has 0 unspecified atom stereocenters. The van der Waals surface area contributed by atoms with E-state index in [1.165, 1.54) is 17.6 Å². The first kappa shape index (κ1) is 13.5. The Kier molecular flexibility index (Phi) is 3.31. The first-order chi connectivity index (χ1) is 10.1. The molecule has 0 atom stereocenters. The number of nitro groups is 1. The molecule has 0 aliphatic carbocycles. The quantitative estimate of drug-likeness (QED) is 0.537. The molecule has 21 heavy (non-hydrogen) atoms. The number of ether oxygens (including phenoxy) is 1. The molecular weight excluding hydrogens is 288 g/mol. The van der Waals surface area contributed by atoms with Gasteiger partial charge in [0.25, 0.3) is 5.69 Å². The van der Waals surface area contributed by atoms with Gasteiger partial charge in [-0.25, -0.2) is 0 Å². The predicted molar refractivity (Wildman–Crippen MR) is 83.0 cm³/mol. The Labute approximate surface area is 125 Å². The molecule has 1 aromatic heterocycles. The third-order valence-electron chi connectivity index (χ3n) is 3.33. The Morgan fingerprint density at radius 1 is 1.24 bits per heavy atom. The summed E-state index contributed by atoms with van der Waals surface area (Å²) < 4.78 is 10.6. The molecule has 1 heterocycles. The van der Waals surface area contributed by atoms with Gasteiger partial charge in [0, 0.05) is 23.1 Å². The molecular formula is C15H12N2O3S. The normalized spacial score (nSPS) is 10.8. The molecule has 0 saturated carbocycles. The highest BCUT2D eigenvalue weighted by Gasteiger charge is 2.14. The zero-order valence-electron chi connectivity index (χ0n) is 11.5. The molecule has 0 amide bonds. The van der Waals surface area contributed by atoms with Crippen molar-refractivity contribution in [2.45, 2.75) is 6.92 Å². The molecule has 3 rings (SSSR count). The minimum Gasteiger partial charge on any atom is -0.496 e. The number of non-ortho nitro benzene ring substituents is 1. The number of nitrogens with zero attached hydrogens (tertiary/aromatic N) is 2. The maximum absolute atomic E-state index is 10.9. The summed E-state index contributed by atoms with van der Waals surface area (Å²) in [7, 11) is 1.63. The summed E-state index contributed by atoms with van der Waals surface area (Å²) in [5.74, 6) is 0.810. The van der Waals surface area contributed by atoms with Gasteiger partial charge in [-0.15, -0.1) is 0 Å². The lowest BCUT2D eigenvalue weighted by atomic mass is 10.0. The van der Waals surface area contributed by atoms with Crippen LogP contribution < -0.4 is 4.74 Å². The molecule has 0 spiro atoms. The van der Waals surface area contributed by atoms with Crippen molar-refractivity contribution in [1.82, 2.24) is 4.37 Å². The van der Waals surface area contributed by atoms with E-state index in [4.69, 9.17) is 4.74 Å². The lowest BCUT2D eigenvalue weighted by molar-refractivity contribution is -0.384. The number of benzene rings is 2. The smallest absolute Gasteiger partial charge is 0.270 e. The second kappa shape index (κ2) is 5.14. The van der Waals surface area contributed by atoms with Crippen LogP contribution in [0.15, 0.2) is 36.4 Å². The van der Waals surface area contributed by atoms with Crippen LogP contribution in [0.25, 0.3) is 21.3 Å². The highest BCUT2D eigenvalue weighted by molar-refractivity contribution is 7.13. The van der Waals surface area contributed by atoms with Gasteiger partial charge in [-0.2, -0.15) is 4.37 Å². The fourth-order valence-corrected chi connectivity index (χ4v) is 3.05. The molecule has 3 aromatic rings. The lowest BCUT2D eigenvalue weighted by Crippen LogP contribution is -1.89. The topological polar surface area (TPSA) is 65.3 Å².